The van der Waals surface area contributed by atoms with Crippen molar-refractivity contribution in [2.75, 3.05) is 6.54 Å². The van der Waals surface area contributed by atoms with Crippen LogP contribution in [0, 0.1) is 0 Å². The molecule has 0 spiro atoms. The molecule has 0 atom stereocenters. The number of hydrogen-bond acceptors (Lipinski definition) is 2. The maximum Gasteiger partial charge on any atom is 0.220 e. The van der Waals surface area contributed by atoms with Gasteiger partial charge in [0.2, 0.25) is 5.91 Å². The first-order valence-electron chi connectivity index (χ1n) is 6.43. The molecule has 0 saturated carbocycles. The molecule has 1 amide bonds. The average Bonchev–Trinajstić information content (AvgIpc) is 2.98. The minimum atomic E-state index is 0.137. The highest BCUT2D eigenvalue weighted by molar-refractivity contribution is 7.16. The minimum Gasteiger partial charge on any atom is -0.356 e. The van der Waals surface area contributed by atoms with Gasteiger partial charge in [0.05, 0.1) is 4.34 Å². The molecule has 98 valence electrons. The molecule has 4 heteroatoms. The van der Waals surface area contributed by atoms with Crippen LogP contribution in [-0.4, -0.2) is 12.5 Å². The quantitative estimate of drug-likeness (QED) is 0.787. The fourth-order valence-corrected chi connectivity index (χ4v) is 3.23. The van der Waals surface area contributed by atoms with E-state index in [0.29, 0.717) is 6.42 Å². The summed E-state index contributed by atoms with van der Waals surface area (Å²) >= 11 is 7.39. The van der Waals surface area contributed by atoms with Gasteiger partial charge in [-0.05, 0) is 44.2 Å². The van der Waals surface area contributed by atoms with E-state index in [0.717, 1.165) is 23.7 Å². The second kappa shape index (κ2) is 6.95. The first kappa shape index (κ1) is 13.6. The van der Waals surface area contributed by atoms with Crippen molar-refractivity contribution in [1.29, 1.82) is 0 Å². The van der Waals surface area contributed by atoms with Crippen LogP contribution in [0.1, 0.15) is 37.0 Å². The summed E-state index contributed by atoms with van der Waals surface area (Å²) in [6, 6.07) is 3.87. The number of aryl methyl sites for hydroxylation is 1. The van der Waals surface area contributed by atoms with E-state index in [1.807, 2.05) is 12.1 Å². The molecule has 1 N–H and O–H groups in total. The van der Waals surface area contributed by atoms with Crippen LogP contribution in [0.3, 0.4) is 0 Å². The summed E-state index contributed by atoms with van der Waals surface area (Å²) in [5.74, 6) is 0.137. The van der Waals surface area contributed by atoms with E-state index in [1.165, 1.54) is 29.7 Å². The van der Waals surface area contributed by atoms with Crippen molar-refractivity contribution < 1.29 is 4.79 Å². The van der Waals surface area contributed by atoms with Crippen molar-refractivity contribution in [2.24, 2.45) is 0 Å². The maximum absolute atomic E-state index is 11.6. The molecule has 0 radical (unpaired) electrons. The second-order valence-corrected chi connectivity index (χ2v) is 6.36. The van der Waals surface area contributed by atoms with Crippen LogP contribution in [0.25, 0.3) is 0 Å². The lowest BCUT2D eigenvalue weighted by Crippen LogP contribution is -2.24. The average molecular weight is 284 g/mol. The standard InChI is InChI=1S/C14H18ClNOS/c15-13-7-5-12(18-13)6-8-14(17)16-10-9-11-3-1-2-4-11/h3,5,7H,1-2,4,6,8-10H2,(H,16,17). The van der Waals surface area contributed by atoms with Gasteiger partial charge in [0, 0.05) is 17.8 Å². The molecule has 1 aliphatic rings. The predicted molar refractivity (Wildman–Crippen MR) is 77.2 cm³/mol. The largest absolute Gasteiger partial charge is 0.356 e. The second-order valence-electron chi connectivity index (χ2n) is 4.56. The lowest BCUT2D eigenvalue weighted by atomic mass is 10.1. The van der Waals surface area contributed by atoms with Crippen molar-refractivity contribution in [3.63, 3.8) is 0 Å². The molecule has 18 heavy (non-hydrogen) atoms. The van der Waals surface area contributed by atoms with E-state index in [9.17, 15) is 4.79 Å². The number of amides is 1. The molecule has 0 saturated heterocycles. The summed E-state index contributed by atoms with van der Waals surface area (Å²) < 4.78 is 0.790. The molecule has 1 heterocycles. The molecule has 2 nitrogen and oxygen atoms in total. The molecular weight excluding hydrogens is 266 g/mol. The minimum absolute atomic E-state index is 0.137. The van der Waals surface area contributed by atoms with Crippen molar-refractivity contribution in [2.45, 2.75) is 38.5 Å². The van der Waals surface area contributed by atoms with Crippen molar-refractivity contribution in [3.05, 3.63) is 33.0 Å². The van der Waals surface area contributed by atoms with Gasteiger partial charge in [0.15, 0.2) is 0 Å². The Bertz CT molecular complexity index is 439. The molecule has 1 aliphatic carbocycles. The van der Waals surface area contributed by atoms with E-state index in [1.54, 1.807) is 11.3 Å². The van der Waals surface area contributed by atoms with Crippen LogP contribution >= 0.6 is 22.9 Å². The zero-order valence-electron chi connectivity index (χ0n) is 10.4. The van der Waals surface area contributed by atoms with Crippen LogP contribution in [0.2, 0.25) is 4.34 Å². The van der Waals surface area contributed by atoms with Crippen LogP contribution in [-0.2, 0) is 11.2 Å². The lowest BCUT2D eigenvalue weighted by molar-refractivity contribution is -0.121. The highest BCUT2D eigenvalue weighted by Gasteiger charge is 2.06. The summed E-state index contributed by atoms with van der Waals surface area (Å²) in [7, 11) is 0. The van der Waals surface area contributed by atoms with Crippen LogP contribution in [0.5, 0.6) is 0 Å². The third-order valence-electron chi connectivity index (χ3n) is 3.13. The number of carbonyl (C=O) groups is 1. The number of carbonyl (C=O) groups excluding carboxylic acids is 1. The van der Waals surface area contributed by atoms with E-state index < -0.39 is 0 Å². The number of thiophene rings is 1. The van der Waals surface area contributed by atoms with E-state index in [2.05, 4.69) is 11.4 Å². The van der Waals surface area contributed by atoms with Crippen molar-refractivity contribution in [3.8, 4) is 0 Å². The van der Waals surface area contributed by atoms with Gasteiger partial charge in [-0.2, -0.15) is 0 Å². The summed E-state index contributed by atoms with van der Waals surface area (Å²) in [6.45, 7) is 0.774. The highest BCUT2D eigenvalue weighted by Crippen LogP contribution is 2.22. The molecule has 1 aromatic rings. The van der Waals surface area contributed by atoms with Gasteiger partial charge < -0.3 is 5.32 Å². The maximum atomic E-state index is 11.6. The molecule has 1 aromatic heterocycles. The van der Waals surface area contributed by atoms with Crippen LogP contribution < -0.4 is 5.32 Å². The Morgan fingerprint density at radius 3 is 2.94 bits per heavy atom. The highest BCUT2D eigenvalue weighted by atomic mass is 35.5. The summed E-state index contributed by atoms with van der Waals surface area (Å²) in [5, 5.41) is 2.98. The number of allylic oxidation sites excluding steroid dienone is 1. The first-order chi connectivity index (χ1) is 8.74. The van der Waals surface area contributed by atoms with Crippen LogP contribution in [0.4, 0.5) is 0 Å². The fourth-order valence-electron chi connectivity index (χ4n) is 2.14. The summed E-state index contributed by atoms with van der Waals surface area (Å²) in [5.41, 5.74) is 1.50. The third-order valence-corrected chi connectivity index (χ3v) is 4.42. The number of halogens is 1. The van der Waals surface area contributed by atoms with Gasteiger partial charge in [-0.15, -0.1) is 11.3 Å². The van der Waals surface area contributed by atoms with E-state index in [4.69, 9.17) is 11.6 Å². The predicted octanol–water partition coefficient (Wildman–Crippen LogP) is 3.95. The van der Waals surface area contributed by atoms with Crippen LogP contribution in [0.15, 0.2) is 23.8 Å². The summed E-state index contributed by atoms with van der Waals surface area (Å²) in [4.78, 5) is 12.8. The van der Waals surface area contributed by atoms with Crippen molar-refractivity contribution in [1.82, 2.24) is 5.32 Å². The molecule has 0 unspecified atom stereocenters. The van der Waals surface area contributed by atoms with Gasteiger partial charge in [-0.1, -0.05) is 23.3 Å². The zero-order valence-corrected chi connectivity index (χ0v) is 11.9. The van der Waals surface area contributed by atoms with E-state index >= 15 is 0 Å². The Kier molecular flexibility index (Phi) is 5.26. The third kappa shape index (κ3) is 4.46. The summed E-state index contributed by atoms with van der Waals surface area (Å²) in [6.07, 6.45) is 8.35. The Balaban J connectivity index is 1.60. The number of hydrogen-bond donors (Lipinski definition) is 1. The lowest BCUT2D eigenvalue weighted by Gasteiger charge is -2.05. The Morgan fingerprint density at radius 2 is 2.28 bits per heavy atom. The topological polar surface area (TPSA) is 29.1 Å². The Morgan fingerprint density at radius 1 is 1.39 bits per heavy atom. The molecule has 0 fully saturated rings. The first-order valence-corrected chi connectivity index (χ1v) is 7.62. The zero-order chi connectivity index (χ0) is 12.8. The molecule has 0 bridgehead atoms. The molecule has 0 aromatic carbocycles. The number of nitrogens with one attached hydrogen (secondary N) is 1. The molecular formula is C14H18ClNOS. The molecule has 0 aliphatic heterocycles. The van der Waals surface area contributed by atoms with Gasteiger partial charge in [-0.25, -0.2) is 0 Å². The monoisotopic (exact) mass is 283 g/mol. The number of rotatable bonds is 6. The van der Waals surface area contributed by atoms with Gasteiger partial charge in [-0.3, -0.25) is 4.79 Å². The van der Waals surface area contributed by atoms with E-state index in [-0.39, 0.29) is 5.91 Å². The SMILES string of the molecule is O=C(CCc1ccc(Cl)s1)NCCC1=CCCC1. The fraction of sp³-hybridized carbons (Fsp3) is 0.500. The Hall–Kier alpha value is -0.800. The van der Waals surface area contributed by atoms with Gasteiger partial charge in [0.25, 0.3) is 0 Å². The van der Waals surface area contributed by atoms with Gasteiger partial charge >= 0.3 is 0 Å². The normalized spacial score (nSPS) is 14.6. The smallest absolute Gasteiger partial charge is 0.220 e. The van der Waals surface area contributed by atoms with Gasteiger partial charge in [0.1, 0.15) is 0 Å². The van der Waals surface area contributed by atoms with Crippen molar-refractivity contribution >= 4 is 28.8 Å². The molecule has 2 rings (SSSR count). The Labute approximate surface area is 117 Å².